The maximum Gasteiger partial charge on any atom is 0.302 e. The molecule has 3 aliphatic rings. The summed E-state index contributed by atoms with van der Waals surface area (Å²) in [6.07, 6.45) is -1.36. The van der Waals surface area contributed by atoms with Crippen LogP contribution in [0.15, 0.2) is 91.0 Å². The third-order valence-corrected chi connectivity index (χ3v) is 8.33. The molecule has 3 heterocycles. The quantitative estimate of drug-likeness (QED) is 0.323. The average Bonchev–Trinajstić information content (AvgIpc) is 3.35. The molecule has 0 spiro atoms. The van der Waals surface area contributed by atoms with E-state index in [-0.39, 0.29) is 24.6 Å². The third-order valence-electron chi connectivity index (χ3n) is 8.33. The molecule has 0 aliphatic carbocycles. The highest BCUT2D eigenvalue weighted by atomic mass is 16.7. The van der Waals surface area contributed by atoms with Gasteiger partial charge >= 0.3 is 5.97 Å². The Morgan fingerprint density at radius 1 is 0.875 bits per heavy atom. The van der Waals surface area contributed by atoms with Gasteiger partial charge in [-0.3, -0.25) is 4.79 Å². The summed E-state index contributed by atoms with van der Waals surface area (Å²) in [6, 6.07) is 30.4. The molecule has 0 saturated carbocycles. The Morgan fingerprint density at radius 3 is 2.20 bits per heavy atom. The van der Waals surface area contributed by atoms with Crippen molar-refractivity contribution in [1.82, 2.24) is 0 Å². The second kappa shape index (κ2) is 12.2. The molecule has 7 heteroatoms. The van der Waals surface area contributed by atoms with Crippen LogP contribution in [0.1, 0.15) is 36.1 Å². The molecule has 40 heavy (non-hydrogen) atoms. The van der Waals surface area contributed by atoms with Crippen molar-refractivity contribution < 1.29 is 33.2 Å². The maximum atomic E-state index is 12.0. The SMILES string of the molecule is CC(=O)OC[C@]12C3CO[C@H]1O[C@H](COCc1ccccc1)[C@H](OCc1ccccc1)[C@@H]2OC(c1ccccc1)C3. The normalized spacial score (nSPS) is 30.9. The van der Waals surface area contributed by atoms with Gasteiger partial charge in [0, 0.05) is 12.8 Å². The van der Waals surface area contributed by atoms with Crippen molar-refractivity contribution in [2.75, 3.05) is 19.8 Å². The molecule has 7 atom stereocenters. The molecule has 0 N–H and O–H groups in total. The first kappa shape index (κ1) is 27.1. The molecule has 3 fully saturated rings. The van der Waals surface area contributed by atoms with E-state index in [1.807, 2.05) is 78.9 Å². The largest absolute Gasteiger partial charge is 0.465 e. The summed E-state index contributed by atoms with van der Waals surface area (Å²) in [4.78, 5) is 12.0. The van der Waals surface area contributed by atoms with E-state index in [0.29, 0.717) is 26.4 Å². The third kappa shape index (κ3) is 5.57. The minimum Gasteiger partial charge on any atom is -0.465 e. The minimum atomic E-state index is -0.686. The second-order valence-electron chi connectivity index (χ2n) is 10.9. The van der Waals surface area contributed by atoms with E-state index in [2.05, 4.69) is 12.1 Å². The zero-order valence-corrected chi connectivity index (χ0v) is 22.7. The monoisotopic (exact) mass is 544 g/mol. The van der Waals surface area contributed by atoms with Gasteiger partial charge in [-0.15, -0.1) is 0 Å². The molecule has 7 nitrogen and oxygen atoms in total. The summed E-state index contributed by atoms with van der Waals surface area (Å²) in [7, 11) is 0. The van der Waals surface area contributed by atoms with Crippen molar-refractivity contribution in [2.45, 2.75) is 57.3 Å². The van der Waals surface area contributed by atoms with E-state index in [4.69, 9.17) is 28.4 Å². The van der Waals surface area contributed by atoms with Gasteiger partial charge in [-0.1, -0.05) is 91.0 Å². The Balaban J connectivity index is 1.31. The first-order valence-corrected chi connectivity index (χ1v) is 14.0. The number of ether oxygens (including phenoxy) is 6. The molecule has 0 aromatic heterocycles. The Labute approximate surface area is 235 Å². The number of hydrogen-bond acceptors (Lipinski definition) is 7. The molecule has 3 aromatic carbocycles. The summed E-state index contributed by atoms with van der Waals surface area (Å²) in [5.41, 5.74) is 2.56. The van der Waals surface area contributed by atoms with Crippen LogP contribution in [0.2, 0.25) is 0 Å². The van der Waals surface area contributed by atoms with Crippen LogP contribution in [0.4, 0.5) is 0 Å². The Bertz CT molecular complexity index is 1240. The van der Waals surface area contributed by atoms with Crippen LogP contribution in [0.3, 0.4) is 0 Å². The smallest absolute Gasteiger partial charge is 0.302 e. The molecule has 0 amide bonds. The van der Waals surface area contributed by atoms with Gasteiger partial charge < -0.3 is 28.4 Å². The fraction of sp³-hybridized carbons (Fsp3) is 0.424. The van der Waals surface area contributed by atoms with Crippen LogP contribution in [-0.4, -0.2) is 50.4 Å². The number of esters is 1. The van der Waals surface area contributed by atoms with Crippen molar-refractivity contribution in [3.05, 3.63) is 108 Å². The van der Waals surface area contributed by atoms with Gasteiger partial charge in [-0.25, -0.2) is 0 Å². The van der Waals surface area contributed by atoms with E-state index in [9.17, 15) is 4.79 Å². The van der Waals surface area contributed by atoms with Crippen LogP contribution in [0.5, 0.6) is 0 Å². The summed E-state index contributed by atoms with van der Waals surface area (Å²) in [5.74, 6) is -0.275. The van der Waals surface area contributed by atoms with E-state index >= 15 is 0 Å². The second-order valence-corrected chi connectivity index (χ2v) is 10.9. The Kier molecular flexibility index (Phi) is 8.27. The lowest BCUT2D eigenvalue weighted by Gasteiger charge is -2.55. The van der Waals surface area contributed by atoms with Gasteiger partial charge in [0.05, 0.1) is 37.9 Å². The predicted octanol–water partition coefficient (Wildman–Crippen LogP) is 5.24. The fourth-order valence-corrected chi connectivity index (χ4v) is 6.30. The van der Waals surface area contributed by atoms with Crippen molar-refractivity contribution >= 4 is 5.97 Å². The molecule has 3 aromatic rings. The molecule has 0 radical (unpaired) electrons. The lowest BCUT2D eigenvalue weighted by atomic mass is 9.65. The highest BCUT2D eigenvalue weighted by molar-refractivity contribution is 5.66. The standard InChI is InChI=1S/C33H36O7/c1-23(34)38-22-33-27-17-28(26-15-9-4-10-16-26)39-31(33)30(36-19-25-13-7-3-8-14-25)29(40-32(33)37-20-27)21-35-18-24-11-5-2-6-12-24/h2-16,27-32H,17-22H2,1H3/t27?,28?,29-,30+,31+,32+,33-/m1/s1. The number of benzene rings is 3. The van der Waals surface area contributed by atoms with Crippen LogP contribution in [-0.2, 0) is 46.4 Å². The lowest BCUT2D eigenvalue weighted by Crippen LogP contribution is -2.67. The van der Waals surface area contributed by atoms with Crippen molar-refractivity contribution in [1.29, 1.82) is 0 Å². The van der Waals surface area contributed by atoms with Gasteiger partial charge in [-0.2, -0.15) is 0 Å². The summed E-state index contributed by atoms with van der Waals surface area (Å²) >= 11 is 0. The van der Waals surface area contributed by atoms with E-state index in [0.717, 1.165) is 23.1 Å². The lowest BCUT2D eigenvalue weighted by molar-refractivity contribution is -0.339. The molecule has 3 saturated heterocycles. The first-order chi connectivity index (χ1) is 19.6. The highest BCUT2D eigenvalue weighted by Crippen LogP contribution is 2.57. The maximum absolute atomic E-state index is 12.0. The van der Waals surface area contributed by atoms with E-state index in [1.165, 1.54) is 6.92 Å². The van der Waals surface area contributed by atoms with Crippen LogP contribution in [0, 0.1) is 11.3 Å². The number of carbonyl (C=O) groups is 1. The zero-order chi connectivity index (χ0) is 27.4. The fourth-order valence-electron chi connectivity index (χ4n) is 6.30. The topological polar surface area (TPSA) is 72.5 Å². The van der Waals surface area contributed by atoms with Gasteiger partial charge in [0.2, 0.25) is 0 Å². The average molecular weight is 545 g/mol. The van der Waals surface area contributed by atoms with Gasteiger partial charge in [-0.05, 0) is 23.1 Å². The summed E-state index contributed by atoms with van der Waals surface area (Å²) < 4.78 is 38.4. The molecular weight excluding hydrogens is 508 g/mol. The summed E-state index contributed by atoms with van der Waals surface area (Å²) in [6.45, 7) is 3.22. The molecule has 0 bridgehead atoms. The zero-order valence-electron chi connectivity index (χ0n) is 22.7. The van der Waals surface area contributed by atoms with Crippen LogP contribution in [0.25, 0.3) is 0 Å². The van der Waals surface area contributed by atoms with Crippen molar-refractivity contribution in [3.8, 4) is 0 Å². The van der Waals surface area contributed by atoms with Crippen LogP contribution < -0.4 is 0 Å². The molecule has 2 unspecified atom stereocenters. The number of hydrogen-bond donors (Lipinski definition) is 0. The number of carbonyl (C=O) groups excluding carboxylic acids is 1. The van der Waals surface area contributed by atoms with Crippen LogP contribution >= 0.6 is 0 Å². The van der Waals surface area contributed by atoms with Gasteiger partial charge in [0.15, 0.2) is 6.29 Å². The van der Waals surface area contributed by atoms with Gasteiger partial charge in [0.1, 0.15) is 24.9 Å². The van der Waals surface area contributed by atoms with Gasteiger partial charge in [0.25, 0.3) is 0 Å². The summed E-state index contributed by atoms with van der Waals surface area (Å²) in [5, 5.41) is 0. The molecule has 6 rings (SSSR count). The Hall–Kier alpha value is -3.07. The molecule has 3 aliphatic heterocycles. The van der Waals surface area contributed by atoms with Crippen molar-refractivity contribution in [2.24, 2.45) is 11.3 Å². The molecule has 210 valence electrons. The number of rotatable bonds is 10. The Morgan fingerprint density at radius 2 is 1.52 bits per heavy atom. The minimum absolute atomic E-state index is 0.0646. The first-order valence-electron chi connectivity index (χ1n) is 14.0. The molecular formula is C33H36O7. The van der Waals surface area contributed by atoms with E-state index < -0.39 is 30.0 Å². The van der Waals surface area contributed by atoms with E-state index in [1.54, 1.807) is 0 Å². The predicted molar refractivity (Wildman–Crippen MR) is 147 cm³/mol. The van der Waals surface area contributed by atoms with Crippen molar-refractivity contribution in [3.63, 3.8) is 0 Å². The highest BCUT2D eigenvalue weighted by Gasteiger charge is 2.68.